The Labute approximate surface area is 215 Å². The van der Waals surface area contributed by atoms with Gasteiger partial charge in [0.1, 0.15) is 6.10 Å². The highest BCUT2D eigenvalue weighted by Crippen LogP contribution is 2.55. The zero-order valence-corrected chi connectivity index (χ0v) is 21.9. The summed E-state index contributed by atoms with van der Waals surface area (Å²) in [6.45, 7) is 0.175. The first-order valence-electron chi connectivity index (χ1n) is 11.5. The van der Waals surface area contributed by atoms with Crippen LogP contribution in [0.1, 0.15) is 37.1 Å². The van der Waals surface area contributed by atoms with E-state index < -0.39 is 46.1 Å². The van der Waals surface area contributed by atoms with Crippen molar-refractivity contribution in [2.75, 3.05) is 24.0 Å². The van der Waals surface area contributed by atoms with Gasteiger partial charge in [0.15, 0.2) is 29.1 Å². The van der Waals surface area contributed by atoms with E-state index in [0.29, 0.717) is 17.0 Å². The molecule has 0 spiro atoms. The fourth-order valence-corrected chi connectivity index (χ4v) is 7.43. The molecule has 200 valence electrons. The smallest absolute Gasteiger partial charge is 0.340 e. The Balaban J connectivity index is 1.37. The molecule has 17 heteroatoms. The van der Waals surface area contributed by atoms with Crippen molar-refractivity contribution in [2.45, 2.75) is 43.7 Å². The summed E-state index contributed by atoms with van der Waals surface area (Å²) >= 11 is 6.29. The monoisotopic (exact) mass is 574 g/mol. The molecule has 2 fully saturated rings. The van der Waals surface area contributed by atoms with Gasteiger partial charge in [-0.15, -0.1) is 5.10 Å². The van der Waals surface area contributed by atoms with Crippen molar-refractivity contribution in [3.8, 4) is 0 Å². The predicted molar refractivity (Wildman–Crippen MR) is 131 cm³/mol. The van der Waals surface area contributed by atoms with Gasteiger partial charge in [0, 0.05) is 13.0 Å². The van der Waals surface area contributed by atoms with Crippen LogP contribution in [0.4, 0.5) is 5.82 Å². The number of aromatic nitrogens is 5. The molecule has 0 amide bonds. The van der Waals surface area contributed by atoms with Crippen LogP contribution in [-0.2, 0) is 18.4 Å². The van der Waals surface area contributed by atoms with Crippen LogP contribution in [0, 0.1) is 0 Å². The predicted octanol–water partition coefficient (Wildman–Crippen LogP) is 2.20. The maximum Gasteiger partial charge on any atom is 0.340 e. The first-order chi connectivity index (χ1) is 17.5. The van der Waals surface area contributed by atoms with Crippen molar-refractivity contribution in [1.29, 1.82) is 0 Å². The van der Waals surface area contributed by atoms with Gasteiger partial charge < -0.3 is 33.9 Å². The molecule has 37 heavy (non-hydrogen) atoms. The molecule has 0 bridgehead atoms. The Hall–Kier alpha value is -1.99. The lowest BCUT2D eigenvalue weighted by atomic mass is 10.0. The molecule has 5 rings (SSSR count). The molecule has 4 N–H and O–H groups in total. The third kappa shape index (κ3) is 5.88. The molecule has 14 nitrogen and oxygen atoms in total. The highest BCUT2D eigenvalue weighted by Gasteiger charge is 2.40. The average molecular weight is 575 g/mol. The second-order valence-electron chi connectivity index (χ2n) is 8.96. The molecule has 0 radical (unpaired) electrons. The summed E-state index contributed by atoms with van der Waals surface area (Å²) in [5.41, 5.74) is 1.84. The Morgan fingerprint density at radius 2 is 1.92 bits per heavy atom. The van der Waals surface area contributed by atoms with E-state index in [2.05, 4.69) is 37.3 Å². The van der Waals surface area contributed by atoms with Crippen molar-refractivity contribution in [2.24, 2.45) is 0 Å². The van der Waals surface area contributed by atoms with Crippen LogP contribution in [0.25, 0.3) is 11.2 Å². The van der Waals surface area contributed by atoms with Crippen LogP contribution in [0.15, 0.2) is 30.3 Å². The van der Waals surface area contributed by atoms with Crippen LogP contribution >= 0.6 is 26.8 Å². The minimum absolute atomic E-state index is 0.0122. The number of ether oxygens (including phenoxy) is 1. The molecule has 1 aromatic carbocycles. The van der Waals surface area contributed by atoms with Gasteiger partial charge in [-0.2, -0.15) is 14.6 Å². The number of benzene rings is 1. The number of hydrogen-bond donors (Lipinski definition) is 4. The molecule has 2 aliphatic rings. The third-order valence-corrected chi connectivity index (χ3v) is 9.89. The fourth-order valence-electron chi connectivity index (χ4n) is 4.70. The van der Waals surface area contributed by atoms with E-state index in [9.17, 15) is 19.1 Å². The summed E-state index contributed by atoms with van der Waals surface area (Å²) in [7, 11) is -9.38. The second-order valence-corrected chi connectivity index (χ2v) is 13.3. The lowest BCUT2D eigenvalue weighted by Gasteiger charge is -2.26. The summed E-state index contributed by atoms with van der Waals surface area (Å²) in [4.78, 5) is 38.4. The van der Waals surface area contributed by atoms with E-state index in [1.807, 2.05) is 18.2 Å². The van der Waals surface area contributed by atoms with Crippen molar-refractivity contribution in [3.63, 3.8) is 0 Å². The van der Waals surface area contributed by atoms with Gasteiger partial charge in [-0.1, -0.05) is 35.5 Å². The van der Waals surface area contributed by atoms with Crippen LogP contribution in [-0.4, -0.2) is 76.0 Å². The fraction of sp³-hybridized carbons (Fsp3) is 0.500. The Kier molecular flexibility index (Phi) is 7.40. The Morgan fingerprint density at radius 1 is 1.16 bits per heavy atom. The van der Waals surface area contributed by atoms with Crippen molar-refractivity contribution in [1.82, 2.24) is 25.0 Å². The molecule has 1 unspecified atom stereocenters. The second kappa shape index (κ2) is 10.3. The van der Waals surface area contributed by atoms with Gasteiger partial charge in [-0.25, -0.2) is 0 Å². The number of fused-ring (bicyclic) bond motifs is 1. The molecule has 4 heterocycles. The number of halogens is 1. The van der Waals surface area contributed by atoms with Crippen molar-refractivity contribution >= 4 is 43.8 Å². The van der Waals surface area contributed by atoms with Gasteiger partial charge in [-0.3, -0.25) is 9.13 Å². The van der Waals surface area contributed by atoms with E-state index in [0.717, 1.165) is 24.9 Å². The van der Waals surface area contributed by atoms with Gasteiger partial charge in [0.2, 0.25) is 5.28 Å². The molecule has 3 aromatic rings. The van der Waals surface area contributed by atoms with Crippen molar-refractivity contribution < 1.29 is 38.2 Å². The van der Waals surface area contributed by atoms with Crippen LogP contribution in [0.3, 0.4) is 0 Å². The number of hydrogen-bond acceptors (Lipinski definition) is 10. The summed E-state index contributed by atoms with van der Waals surface area (Å²) in [6, 6.07) is 10.1. The number of rotatable bonds is 8. The van der Waals surface area contributed by atoms with E-state index in [4.69, 9.17) is 30.6 Å². The van der Waals surface area contributed by atoms with E-state index in [1.165, 1.54) is 4.68 Å². The zero-order valence-electron chi connectivity index (χ0n) is 19.3. The molecule has 0 saturated carbocycles. The first kappa shape index (κ1) is 26.6. The minimum atomic E-state index is -4.78. The Bertz CT molecular complexity index is 1370. The minimum Gasteiger partial charge on any atom is -0.390 e. The zero-order chi connectivity index (χ0) is 26.4. The largest absolute Gasteiger partial charge is 0.390 e. The third-order valence-electron chi connectivity index (χ3n) is 6.27. The molecule has 0 aliphatic carbocycles. The quantitative estimate of drug-likeness (QED) is 0.226. The molecular formula is C20H25ClN6O8P2. The topological polar surface area (TPSA) is 193 Å². The first-order valence-corrected chi connectivity index (χ1v) is 15.4. The SMILES string of the molecule is O=P(O)(O)CP(=O)(O)OC[C@H]1O[C@@H](n2nnc3c(N4CCC[C@@H]4c4ccccc4)nc(Cl)nc32)C[C@@H]1O. The molecular weight excluding hydrogens is 550 g/mol. The normalized spacial score (nSPS) is 26.1. The van der Waals surface area contributed by atoms with Crippen LogP contribution < -0.4 is 4.90 Å². The Morgan fingerprint density at radius 3 is 2.65 bits per heavy atom. The molecule has 2 saturated heterocycles. The molecule has 2 aromatic heterocycles. The van der Waals surface area contributed by atoms with E-state index in [1.54, 1.807) is 0 Å². The van der Waals surface area contributed by atoms with Crippen LogP contribution in [0.2, 0.25) is 5.28 Å². The maximum absolute atomic E-state index is 11.9. The van der Waals surface area contributed by atoms with Crippen LogP contribution in [0.5, 0.6) is 0 Å². The molecule has 2 aliphatic heterocycles. The van der Waals surface area contributed by atoms with Gasteiger partial charge in [0.25, 0.3) is 0 Å². The standard InChI is InChI=1S/C20H25ClN6O8P2/c21-20-22-18(26-8-4-7-13(26)12-5-2-1-3-6-12)17-19(23-20)27(25-24-17)16-9-14(28)15(35-16)10-34-37(32,33)11-36(29,30)31/h1-3,5-6,13-16,28H,4,7-11H2,(H,32,33)(H2,29,30,31)/t13-,14+,15-,16-/m1/s1. The lowest BCUT2D eigenvalue weighted by Crippen LogP contribution is -2.26. The highest BCUT2D eigenvalue weighted by atomic mass is 35.5. The molecule has 5 atom stereocenters. The van der Waals surface area contributed by atoms with Gasteiger partial charge in [-0.05, 0) is 30.0 Å². The summed E-state index contributed by atoms with van der Waals surface area (Å²) in [6.07, 6.45) is -1.11. The van der Waals surface area contributed by atoms with E-state index >= 15 is 0 Å². The number of nitrogens with zero attached hydrogens (tertiary/aromatic N) is 6. The highest BCUT2D eigenvalue weighted by molar-refractivity contribution is 7.70. The van der Waals surface area contributed by atoms with Gasteiger partial charge >= 0.3 is 15.2 Å². The number of anilines is 1. The summed E-state index contributed by atoms with van der Waals surface area (Å²) < 4.78 is 35.0. The summed E-state index contributed by atoms with van der Waals surface area (Å²) in [5, 5.41) is 18.9. The summed E-state index contributed by atoms with van der Waals surface area (Å²) in [5.74, 6) is -0.803. The number of aliphatic hydroxyl groups excluding tert-OH is 1. The van der Waals surface area contributed by atoms with E-state index in [-0.39, 0.29) is 17.7 Å². The van der Waals surface area contributed by atoms with Gasteiger partial charge in [0.05, 0.1) is 18.8 Å². The van der Waals surface area contributed by atoms with Crippen molar-refractivity contribution in [3.05, 3.63) is 41.2 Å². The average Bonchev–Trinajstić information content (AvgIpc) is 3.54. The number of aliphatic hydroxyl groups is 1. The lowest BCUT2D eigenvalue weighted by molar-refractivity contribution is -0.0440. The maximum atomic E-state index is 11.9.